The number of nitrogens with zero attached hydrogens (tertiary/aromatic N) is 6. The molecule has 2 aromatic carbocycles. The molecule has 6 rings (SSSR count). The summed E-state index contributed by atoms with van der Waals surface area (Å²) in [6.07, 6.45) is -4.96. The normalized spacial score (nSPS) is 18.1. The average Bonchev–Trinajstić information content (AvgIpc) is 3.87. The third-order valence-corrected chi connectivity index (χ3v) is 11.8. The van der Waals surface area contributed by atoms with Gasteiger partial charge in [0, 0.05) is 25.6 Å². The molecule has 3 atom stereocenters. The number of halogens is 4. The number of carbonyl (C=O) groups is 4. The Bertz CT molecular complexity index is 2450. The zero-order valence-electron chi connectivity index (χ0n) is 34.3. The van der Waals surface area contributed by atoms with Gasteiger partial charge in [-0.25, -0.2) is 14.4 Å². The average molecular weight is 895 g/mol. The molecule has 62 heavy (non-hydrogen) atoms. The van der Waals surface area contributed by atoms with Crippen LogP contribution in [0.15, 0.2) is 60.2 Å². The summed E-state index contributed by atoms with van der Waals surface area (Å²) in [5.74, 6) is -4.47. The number of aliphatic hydroxyl groups is 1. The van der Waals surface area contributed by atoms with Gasteiger partial charge in [-0.1, -0.05) is 45.0 Å². The molecule has 326 valence electrons. The molecule has 0 saturated carbocycles. The molecule has 20 heteroatoms. The van der Waals surface area contributed by atoms with Gasteiger partial charge in [0.25, 0.3) is 11.8 Å². The Morgan fingerprint density at radius 1 is 1.10 bits per heavy atom. The smallest absolute Gasteiger partial charge is 0.420 e. The maximum Gasteiger partial charge on any atom is 0.420 e. The fourth-order valence-corrected chi connectivity index (χ4v) is 8.59. The van der Waals surface area contributed by atoms with Crippen LogP contribution in [0, 0.1) is 29.5 Å². The van der Waals surface area contributed by atoms with Gasteiger partial charge in [-0.3, -0.25) is 24.1 Å². The molecule has 2 aromatic heterocycles. The summed E-state index contributed by atoms with van der Waals surface area (Å²) >= 11 is 7.01. The van der Waals surface area contributed by atoms with E-state index >= 15 is 4.39 Å². The number of amides is 4. The van der Waals surface area contributed by atoms with Crippen molar-refractivity contribution >= 4 is 63.7 Å². The minimum absolute atomic E-state index is 0.00753. The first kappa shape index (κ1) is 45.5. The van der Waals surface area contributed by atoms with E-state index in [0.717, 1.165) is 33.8 Å². The quantitative estimate of drug-likeness (QED) is 0.125. The van der Waals surface area contributed by atoms with E-state index in [1.54, 1.807) is 26.3 Å². The minimum Gasteiger partial charge on any atom is -0.468 e. The number of alkyl halides is 3. The number of pyridine rings is 1. The van der Waals surface area contributed by atoms with Crippen molar-refractivity contribution in [3.8, 4) is 22.4 Å². The van der Waals surface area contributed by atoms with Crippen molar-refractivity contribution in [2.24, 2.45) is 5.41 Å². The number of carbonyl (C=O) groups excluding carboxylic acids is 4. The van der Waals surface area contributed by atoms with E-state index < -0.39 is 88.2 Å². The van der Waals surface area contributed by atoms with E-state index in [4.69, 9.17) is 22.2 Å². The van der Waals surface area contributed by atoms with E-state index in [2.05, 4.69) is 20.6 Å². The van der Waals surface area contributed by atoms with Crippen LogP contribution in [0.1, 0.15) is 63.4 Å². The highest BCUT2D eigenvalue weighted by atomic mass is 32.1. The summed E-state index contributed by atoms with van der Waals surface area (Å²) in [5.41, 5.74) is -1.24. The Balaban J connectivity index is 1.09. The molecule has 14 nitrogen and oxygen atoms in total. The number of likely N-dealkylation sites (tertiary alicyclic amines) is 1. The Morgan fingerprint density at radius 3 is 2.37 bits per heavy atom. The molecular formula is C42H42F4N8O6S2. The number of hydrogen-bond acceptors (Lipinski definition) is 11. The van der Waals surface area contributed by atoms with Gasteiger partial charge in [0.15, 0.2) is 17.5 Å². The van der Waals surface area contributed by atoms with Crippen molar-refractivity contribution in [1.29, 1.82) is 5.26 Å². The van der Waals surface area contributed by atoms with Crippen LogP contribution in [0.2, 0.25) is 0 Å². The number of aryl methyl sites for hydroxylation is 1. The molecule has 0 unspecified atom stereocenters. The molecule has 4 heterocycles. The predicted octanol–water partition coefficient (Wildman–Crippen LogP) is 5.65. The molecule has 4 aromatic rings. The number of benzene rings is 2. The van der Waals surface area contributed by atoms with Crippen molar-refractivity contribution in [2.75, 3.05) is 23.0 Å². The van der Waals surface area contributed by atoms with E-state index in [1.807, 2.05) is 31.2 Å². The number of thiazole rings is 1. The molecule has 2 aliphatic heterocycles. The monoisotopic (exact) mass is 894 g/mol. The highest BCUT2D eigenvalue weighted by Gasteiger charge is 2.52. The molecule has 0 radical (unpaired) electrons. The van der Waals surface area contributed by atoms with E-state index in [0.29, 0.717) is 4.90 Å². The Kier molecular flexibility index (Phi) is 12.7. The van der Waals surface area contributed by atoms with E-state index in [1.165, 1.54) is 59.4 Å². The third kappa shape index (κ3) is 9.10. The SMILES string of the molecule is Cc1ncsc1-c1ccc(CNC(=O)[C@@H]2C[C@@H](O)CN2C(=O)[C@@H](NC(=O)COc2ccc(N3C(=S)N(c4ccc(C#N)c(C(F)(F)F)c4F)C(=O)C3(C)C)cn2)C(C)(C)C)cc1. The summed E-state index contributed by atoms with van der Waals surface area (Å²) in [6, 6.07) is 11.3. The highest BCUT2D eigenvalue weighted by Crippen LogP contribution is 2.42. The number of anilines is 2. The first-order chi connectivity index (χ1) is 29.0. The summed E-state index contributed by atoms with van der Waals surface area (Å²) in [5, 5.41) is 24.9. The molecule has 2 aliphatic rings. The van der Waals surface area contributed by atoms with Gasteiger partial charge in [-0.2, -0.15) is 18.4 Å². The van der Waals surface area contributed by atoms with Crippen LogP contribution < -0.4 is 25.2 Å². The summed E-state index contributed by atoms with van der Waals surface area (Å²) in [6.45, 7) is 9.46. The Morgan fingerprint density at radius 2 is 1.79 bits per heavy atom. The summed E-state index contributed by atoms with van der Waals surface area (Å²) in [7, 11) is 0. The van der Waals surface area contributed by atoms with Crippen molar-refractivity contribution in [1.82, 2.24) is 25.5 Å². The summed E-state index contributed by atoms with van der Waals surface area (Å²) in [4.78, 5) is 67.0. The lowest BCUT2D eigenvalue weighted by atomic mass is 9.85. The van der Waals surface area contributed by atoms with Crippen LogP contribution in [0.4, 0.5) is 28.9 Å². The zero-order chi connectivity index (χ0) is 45.5. The maximum absolute atomic E-state index is 15.4. The first-order valence-corrected chi connectivity index (χ1v) is 20.5. The Labute approximate surface area is 363 Å². The van der Waals surface area contributed by atoms with Crippen LogP contribution in [-0.4, -0.2) is 85.6 Å². The number of nitriles is 1. The number of β-amino-alcohol motifs (C(OH)–C–C–N with tert-alkyl or cyclic N) is 1. The number of aliphatic hydroxyl groups excluding tert-OH is 1. The second-order valence-corrected chi connectivity index (χ2v) is 17.6. The van der Waals surface area contributed by atoms with Crippen molar-refractivity contribution in [3.05, 3.63) is 88.4 Å². The molecule has 2 saturated heterocycles. The number of thiocarbonyl (C=S) groups is 1. The standard InChI is InChI=1S/C42H42F4N8O6S2/c1-22-34(62-21-50-22)24-9-7-23(8-10-24)17-49-36(57)29-15-27(55)19-52(29)37(58)35(40(2,3)4)51-30(56)20-60-31-14-12-26(18-48-31)54-39(61)53(38(59)41(54,5)6)28-13-11-25(16-47)32(33(28)43)42(44,45)46/h7-14,18,21,27,29,35,55H,15,17,19-20H2,1-6H3,(H,49,57)(H,51,56)/t27-,29+,35-/m1/s1. The number of hydrogen-bond donors (Lipinski definition) is 3. The highest BCUT2D eigenvalue weighted by molar-refractivity contribution is 7.81. The second kappa shape index (κ2) is 17.4. The van der Waals surface area contributed by atoms with Gasteiger partial charge in [0.2, 0.25) is 17.7 Å². The van der Waals surface area contributed by atoms with Gasteiger partial charge >= 0.3 is 6.18 Å². The molecule has 3 N–H and O–H groups in total. The number of rotatable bonds is 11. The van der Waals surface area contributed by atoms with Crippen molar-refractivity contribution in [2.45, 2.75) is 84.4 Å². The zero-order valence-corrected chi connectivity index (χ0v) is 36.0. The first-order valence-electron chi connectivity index (χ1n) is 19.2. The van der Waals surface area contributed by atoms with Crippen LogP contribution in [0.5, 0.6) is 5.88 Å². The molecular weight excluding hydrogens is 853 g/mol. The molecule has 4 amide bonds. The predicted molar refractivity (Wildman–Crippen MR) is 224 cm³/mol. The maximum atomic E-state index is 15.4. The van der Waals surface area contributed by atoms with Gasteiger partial charge in [-0.05, 0) is 67.7 Å². The molecule has 0 spiro atoms. The van der Waals surface area contributed by atoms with Gasteiger partial charge in [-0.15, -0.1) is 11.3 Å². The lowest BCUT2D eigenvalue weighted by molar-refractivity contribution is -0.144. The van der Waals surface area contributed by atoms with Crippen LogP contribution in [-0.2, 0) is 31.9 Å². The number of ether oxygens (including phenoxy) is 1. The van der Waals surface area contributed by atoms with E-state index in [-0.39, 0.29) is 36.2 Å². The fourth-order valence-electron chi connectivity index (χ4n) is 7.26. The lowest BCUT2D eigenvalue weighted by Gasteiger charge is -2.35. The lowest BCUT2D eigenvalue weighted by Crippen LogP contribution is -2.58. The van der Waals surface area contributed by atoms with Crippen LogP contribution in [0.3, 0.4) is 0 Å². The van der Waals surface area contributed by atoms with Crippen molar-refractivity contribution in [3.63, 3.8) is 0 Å². The number of nitrogens with one attached hydrogen (secondary N) is 2. The van der Waals surface area contributed by atoms with Gasteiger partial charge in [0.05, 0.1) is 51.4 Å². The van der Waals surface area contributed by atoms with Gasteiger partial charge < -0.3 is 30.3 Å². The van der Waals surface area contributed by atoms with Crippen molar-refractivity contribution < 1.29 is 46.6 Å². The molecule has 2 fully saturated rings. The minimum atomic E-state index is -5.24. The van der Waals surface area contributed by atoms with Gasteiger partial charge in [0.1, 0.15) is 23.2 Å². The Hall–Kier alpha value is -6.04. The van der Waals surface area contributed by atoms with Crippen LogP contribution in [0.25, 0.3) is 10.4 Å². The number of aromatic nitrogens is 2. The topological polar surface area (TPSA) is 181 Å². The van der Waals surface area contributed by atoms with E-state index in [9.17, 15) is 37.5 Å². The molecule has 0 aliphatic carbocycles. The van der Waals surface area contributed by atoms with Crippen LogP contribution >= 0.6 is 23.6 Å². The fraction of sp³-hybridized carbons (Fsp3) is 0.381. The largest absolute Gasteiger partial charge is 0.468 e. The molecule has 0 bridgehead atoms. The second-order valence-electron chi connectivity index (χ2n) is 16.3. The third-order valence-electron chi connectivity index (χ3n) is 10.5. The summed E-state index contributed by atoms with van der Waals surface area (Å²) < 4.78 is 62.3.